The van der Waals surface area contributed by atoms with Gasteiger partial charge < -0.3 is 10.6 Å². The quantitative estimate of drug-likeness (QED) is 0.575. The first-order valence-corrected chi connectivity index (χ1v) is 10.1. The molecule has 4 aromatic rings. The molecule has 0 saturated carbocycles. The second kappa shape index (κ2) is 7.20. The van der Waals surface area contributed by atoms with Gasteiger partial charge in [0.2, 0.25) is 5.95 Å². The molecule has 146 valence electrons. The van der Waals surface area contributed by atoms with E-state index in [9.17, 15) is 0 Å². The van der Waals surface area contributed by atoms with Gasteiger partial charge in [-0.15, -0.1) is 5.10 Å². The summed E-state index contributed by atoms with van der Waals surface area (Å²) in [6.45, 7) is 4.67. The Morgan fingerprint density at radius 1 is 0.966 bits per heavy atom. The molecular formula is C23H24N6. The molecule has 0 radical (unpaired) electrons. The molecule has 1 aliphatic heterocycles. The maximum atomic E-state index is 6.57. The number of hydrogen-bond donors (Lipinski definition) is 1. The average molecular weight is 384 g/mol. The van der Waals surface area contributed by atoms with Crippen molar-refractivity contribution in [1.82, 2.24) is 19.7 Å². The molecule has 1 aliphatic rings. The zero-order valence-corrected chi connectivity index (χ0v) is 16.5. The average Bonchev–Trinajstić information content (AvgIpc) is 3.37. The van der Waals surface area contributed by atoms with Gasteiger partial charge in [0.05, 0.1) is 17.6 Å². The van der Waals surface area contributed by atoms with Crippen LogP contribution in [0.4, 0.5) is 11.8 Å². The predicted octanol–water partition coefficient (Wildman–Crippen LogP) is 4.03. The maximum Gasteiger partial charge on any atom is 0.228 e. The Balaban J connectivity index is 1.69. The molecule has 0 atom stereocenters. The second-order valence-corrected chi connectivity index (χ2v) is 7.66. The SMILES string of the molecule is Cc1cccc(-c2nc(N3CCCC3)nc3nn(Cc4ccccc4)c(N)c23)c1. The molecule has 5 rings (SSSR count). The molecule has 6 nitrogen and oxygen atoms in total. The molecule has 0 unspecified atom stereocenters. The van der Waals surface area contributed by atoms with Crippen molar-refractivity contribution in [3.63, 3.8) is 0 Å². The number of benzene rings is 2. The topological polar surface area (TPSA) is 72.9 Å². The first-order valence-electron chi connectivity index (χ1n) is 10.1. The van der Waals surface area contributed by atoms with Crippen molar-refractivity contribution in [3.05, 3.63) is 65.7 Å². The predicted molar refractivity (Wildman–Crippen MR) is 117 cm³/mol. The Labute approximate surface area is 170 Å². The van der Waals surface area contributed by atoms with E-state index in [1.54, 1.807) is 0 Å². The fourth-order valence-electron chi connectivity index (χ4n) is 3.98. The van der Waals surface area contributed by atoms with Crippen LogP contribution in [0.5, 0.6) is 0 Å². The van der Waals surface area contributed by atoms with E-state index in [2.05, 4.69) is 48.2 Å². The number of aromatic nitrogens is 4. The third-order valence-corrected chi connectivity index (χ3v) is 5.48. The third kappa shape index (κ3) is 3.31. The smallest absolute Gasteiger partial charge is 0.228 e. The summed E-state index contributed by atoms with van der Waals surface area (Å²) in [7, 11) is 0. The highest BCUT2D eigenvalue weighted by Gasteiger charge is 2.22. The van der Waals surface area contributed by atoms with E-state index in [0.717, 1.165) is 41.2 Å². The molecule has 2 aromatic carbocycles. The number of anilines is 2. The van der Waals surface area contributed by atoms with Gasteiger partial charge in [0.1, 0.15) is 5.82 Å². The molecule has 1 saturated heterocycles. The fraction of sp³-hybridized carbons (Fsp3) is 0.261. The number of fused-ring (bicyclic) bond motifs is 1. The van der Waals surface area contributed by atoms with E-state index in [4.69, 9.17) is 20.8 Å². The van der Waals surface area contributed by atoms with E-state index in [-0.39, 0.29) is 0 Å². The first kappa shape index (κ1) is 17.7. The number of nitrogens with two attached hydrogens (primary N) is 1. The van der Waals surface area contributed by atoms with Crippen LogP contribution in [0.3, 0.4) is 0 Å². The second-order valence-electron chi connectivity index (χ2n) is 7.66. The van der Waals surface area contributed by atoms with Gasteiger partial charge in [-0.2, -0.15) is 4.98 Å². The Bertz CT molecular complexity index is 1160. The molecule has 0 bridgehead atoms. The molecule has 1 fully saturated rings. The van der Waals surface area contributed by atoms with Crippen LogP contribution >= 0.6 is 0 Å². The van der Waals surface area contributed by atoms with Gasteiger partial charge in [-0.3, -0.25) is 0 Å². The van der Waals surface area contributed by atoms with Crippen LogP contribution in [0.2, 0.25) is 0 Å². The minimum absolute atomic E-state index is 0.605. The summed E-state index contributed by atoms with van der Waals surface area (Å²) in [5.41, 5.74) is 11.5. The molecule has 2 aromatic heterocycles. The van der Waals surface area contributed by atoms with Crippen LogP contribution in [0.1, 0.15) is 24.0 Å². The number of rotatable bonds is 4. The van der Waals surface area contributed by atoms with Crippen LogP contribution in [0.15, 0.2) is 54.6 Å². The largest absolute Gasteiger partial charge is 0.383 e. The van der Waals surface area contributed by atoms with Crippen LogP contribution < -0.4 is 10.6 Å². The van der Waals surface area contributed by atoms with Gasteiger partial charge in [-0.1, -0.05) is 54.1 Å². The summed E-state index contributed by atoms with van der Waals surface area (Å²) >= 11 is 0. The standard InChI is InChI=1S/C23H24N6/c1-16-8-7-11-18(14-16)20-19-21(24)29(15-17-9-3-2-4-10-17)27-22(19)26-23(25-20)28-12-5-6-13-28/h2-4,7-11,14H,5-6,12-13,15,24H2,1H3. The summed E-state index contributed by atoms with van der Waals surface area (Å²) in [4.78, 5) is 12.0. The fourth-order valence-corrected chi connectivity index (χ4v) is 3.98. The number of aryl methyl sites for hydroxylation is 1. The first-order chi connectivity index (χ1) is 14.2. The lowest BCUT2D eigenvalue weighted by Crippen LogP contribution is -2.20. The molecule has 6 heteroatoms. The minimum Gasteiger partial charge on any atom is -0.383 e. The summed E-state index contributed by atoms with van der Waals surface area (Å²) in [6.07, 6.45) is 2.34. The third-order valence-electron chi connectivity index (χ3n) is 5.48. The van der Waals surface area contributed by atoms with Crippen molar-refractivity contribution >= 4 is 22.8 Å². The van der Waals surface area contributed by atoms with Crippen molar-refractivity contribution in [2.24, 2.45) is 0 Å². The monoisotopic (exact) mass is 384 g/mol. The van der Waals surface area contributed by atoms with Crippen molar-refractivity contribution in [1.29, 1.82) is 0 Å². The van der Waals surface area contributed by atoms with Crippen LogP contribution in [0, 0.1) is 6.92 Å². The van der Waals surface area contributed by atoms with Crippen molar-refractivity contribution in [2.75, 3.05) is 23.7 Å². The van der Waals surface area contributed by atoms with Gasteiger partial charge >= 0.3 is 0 Å². The van der Waals surface area contributed by atoms with Crippen molar-refractivity contribution in [2.45, 2.75) is 26.3 Å². The van der Waals surface area contributed by atoms with Crippen LogP contribution in [-0.4, -0.2) is 32.8 Å². The normalized spacial score (nSPS) is 14.0. The van der Waals surface area contributed by atoms with Crippen molar-refractivity contribution < 1.29 is 0 Å². The lowest BCUT2D eigenvalue weighted by atomic mass is 10.1. The van der Waals surface area contributed by atoms with Crippen LogP contribution in [-0.2, 0) is 6.54 Å². The highest BCUT2D eigenvalue weighted by molar-refractivity contribution is 5.99. The Kier molecular flexibility index (Phi) is 4.39. The summed E-state index contributed by atoms with van der Waals surface area (Å²) in [5.74, 6) is 1.35. The zero-order chi connectivity index (χ0) is 19.8. The van der Waals surface area contributed by atoms with E-state index >= 15 is 0 Å². The molecule has 0 amide bonds. The Hall–Kier alpha value is -3.41. The summed E-state index contributed by atoms with van der Waals surface area (Å²) in [5, 5.41) is 5.59. The van der Waals surface area contributed by atoms with Gasteiger partial charge in [0.15, 0.2) is 5.65 Å². The van der Waals surface area contributed by atoms with Gasteiger partial charge in [-0.05, 0) is 31.4 Å². The number of nitrogen functional groups attached to an aromatic ring is 1. The maximum absolute atomic E-state index is 6.57. The molecule has 3 heterocycles. The van der Waals surface area contributed by atoms with Gasteiger partial charge in [0.25, 0.3) is 0 Å². The molecule has 2 N–H and O–H groups in total. The lowest BCUT2D eigenvalue weighted by molar-refractivity contribution is 0.703. The van der Waals surface area contributed by atoms with E-state index in [1.807, 2.05) is 22.9 Å². The summed E-state index contributed by atoms with van der Waals surface area (Å²) < 4.78 is 1.84. The van der Waals surface area contributed by atoms with Gasteiger partial charge in [0, 0.05) is 18.7 Å². The molecule has 0 spiro atoms. The summed E-state index contributed by atoms with van der Waals surface area (Å²) in [6, 6.07) is 18.6. The van der Waals surface area contributed by atoms with E-state index in [1.165, 1.54) is 18.4 Å². The van der Waals surface area contributed by atoms with Gasteiger partial charge in [-0.25, -0.2) is 9.67 Å². The molecular weight excluding hydrogens is 360 g/mol. The highest BCUT2D eigenvalue weighted by atomic mass is 15.3. The lowest BCUT2D eigenvalue weighted by Gasteiger charge is -2.16. The minimum atomic E-state index is 0.605. The van der Waals surface area contributed by atoms with E-state index < -0.39 is 0 Å². The Morgan fingerprint density at radius 3 is 2.52 bits per heavy atom. The highest BCUT2D eigenvalue weighted by Crippen LogP contribution is 2.33. The molecule has 0 aliphatic carbocycles. The van der Waals surface area contributed by atoms with Crippen molar-refractivity contribution in [3.8, 4) is 11.3 Å². The van der Waals surface area contributed by atoms with Crippen LogP contribution in [0.25, 0.3) is 22.3 Å². The van der Waals surface area contributed by atoms with E-state index in [0.29, 0.717) is 18.0 Å². The Morgan fingerprint density at radius 2 is 1.76 bits per heavy atom. The number of nitrogens with zero attached hydrogens (tertiary/aromatic N) is 5. The zero-order valence-electron chi connectivity index (χ0n) is 16.5. The number of hydrogen-bond acceptors (Lipinski definition) is 5. The molecule has 29 heavy (non-hydrogen) atoms.